The molecule has 178 valence electrons. The first-order valence-electron chi connectivity index (χ1n) is 12.0. The lowest BCUT2D eigenvalue weighted by molar-refractivity contribution is 0.0957. The number of benzene rings is 1. The molecule has 0 bridgehead atoms. The predicted octanol–water partition coefficient (Wildman–Crippen LogP) is 2.89. The maximum Gasteiger partial charge on any atom is 0.349 e. The van der Waals surface area contributed by atoms with Crippen molar-refractivity contribution in [3.8, 4) is 6.07 Å². The van der Waals surface area contributed by atoms with E-state index in [1.54, 1.807) is 19.2 Å². The molecular formula is C26H33N7O. The Kier molecular flexibility index (Phi) is 6.96. The van der Waals surface area contributed by atoms with E-state index in [1.807, 2.05) is 0 Å². The van der Waals surface area contributed by atoms with Crippen LogP contribution < -0.4 is 16.3 Å². The summed E-state index contributed by atoms with van der Waals surface area (Å²) in [7, 11) is 1.69. The third kappa shape index (κ3) is 4.29. The highest BCUT2D eigenvalue weighted by molar-refractivity contribution is 5.86. The van der Waals surface area contributed by atoms with Crippen molar-refractivity contribution < 1.29 is 0 Å². The Labute approximate surface area is 200 Å². The zero-order valence-electron chi connectivity index (χ0n) is 20.4. The third-order valence-corrected chi connectivity index (χ3v) is 7.09. The van der Waals surface area contributed by atoms with Crippen LogP contribution in [0, 0.1) is 18.3 Å². The minimum Gasteiger partial charge on any atom is -0.349 e. The number of fused-ring (bicyclic) bond motifs is 1. The van der Waals surface area contributed by atoms with Crippen molar-refractivity contribution in [2.24, 2.45) is 12.8 Å². The van der Waals surface area contributed by atoms with Gasteiger partial charge in [-0.2, -0.15) is 10.2 Å². The van der Waals surface area contributed by atoms with E-state index in [-0.39, 0.29) is 23.8 Å². The number of rotatable bonds is 6. The van der Waals surface area contributed by atoms with E-state index < -0.39 is 0 Å². The van der Waals surface area contributed by atoms with Crippen LogP contribution in [0.2, 0.25) is 0 Å². The number of aryl methyl sites for hydroxylation is 2. The molecule has 1 saturated heterocycles. The second kappa shape index (κ2) is 9.92. The Balaban J connectivity index is 1.77. The molecule has 1 aromatic carbocycles. The minimum absolute atomic E-state index is 0.124. The van der Waals surface area contributed by atoms with E-state index in [1.165, 1.54) is 15.7 Å². The molecular weight excluding hydrogens is 426 g/mol. The van der Waals surface area contributed by atoms with E-state index in [4.69, 9.17) is 5.73 Å². The maximum absolute atomic E-state index is 12.7. The number of nitrogens with zero attached hydrogens (tertiary/aromatic N) is 6. The zero-order valence-corrected chi connectivity index (χ0v) is 20.4. The van der Waals surface area contributed by atoms with Gasteiger partial charge >= 0.3 is 5.69 Å². The standard InChI is InChI=1S/C26H33N7O/c1-5-20-16-33(25-24-22(31(4)26(34)30-25)12-11-19(13-27)29-24)21(6-2)15-32(20)23(14-28)18-9-7-17(3)8-10-18/h7-12,20-21,23H,5-6,14-16,28H2,1-4H3/t20-,21+,23?/m1/s1. The largest absolute Gasteiger partial charge is 0.349 e. The van der Waals surface area contributed by atoms with Crippen molar-refractivity contribution in [2.75, 3.05) is 24.5 Å². The molecule has 0 spiro atoms. The zero-order chi connectivity index (χ0) is 24.4. The molecule has 1 aliphatic heterocycles. The molecule has 3 atom stereocenters. The molecule has 0 saturated carbocycles. The van der Waals surface area contributed by atoms with Crippen LogP contribution in [0.15, 0.2) is 41.2 Å². The van der Waals surface area contributed by atoms with Gasteiger partial charge < -0.3 is 10.6 Å². The SMILES string of the molecule is CC[C@H]1CN(C(CN)c2ccc(C)cc2)[C@H](CC)CN1c1nc(=O)n(C)c2ccc(C#N)nc12. The number of nitriles is 1. The molecule has 0 radical (unpaired) electrons. The molecule has 3 aromatic rings. The molecule has 0 amide bonds. The summed E-state index contributed by atoms with van der Waals surface area (Å²) in [6.07, 6.45) is 1.82. The second-order valence-corrected chi connectivity index (χ2v) is 9.09. The van der Waals surface area contributed by atoms with Crippen molar-refractivity contribution in [1.29, 1.82) is 5.26 Å². The number of aromatic nitrogens is 3. The Morgan fingerprint density at radius 1 is 1.09 bits per heavy atom. The lowest BCUT2D eigenvalue weighted by Gasteiger charge is -2.49. The van der Waals surface area contributed by atoms with Gasteiger partial charge in [-0.25, -0.2) is 9.78 Å². The molecule has 8 nitrogen and oxygen atoms in total. The molecule has 1 unspecified atom stereocenters. The highest BCUT2D eigenvalue weighted by Crippen LogP contribution is 2.33. The number of anilines is 1. The fraction of sp³-hybridized carbons (Fsp3) is 0.462. The summed E-state index contributed by atoms with van der Waals surface area (Å²) in [6.45, 7) is 8.49. The van der Waals surface area contributed by atoms with Crippen LogP contribution in [-0.2, 0) is 7.05 Å². The first-order valence-corrected chi connectivity index (χ1v) is 12.0. The number of hydrogen-bond acceptors (Lipinski definition) is 7. The first kappa shape index (κ1) is 23.9. The molecule has 0 aliphatic carbocycles. The van der Waals surface area contributed by atoms with Gasteiger partial charge in [-0.05, 0) is 37.5 Å². The van der Waals surface area contributed by atoms with Gasteiger partial charge in [0.15, 0.2) is 5.82 Å². The van der Waals surface area contributed by atoms with E-state index >= 15 is 0 Å². The fourth-order valence-corrected chi connectivity index (χ4v) is 5.05. The van der Waals surface area contributed by atoms with Crippen LogP contribution in [-0.4, -0.2) is 51.2 Å². The van der Waals surface area contributed by atoms with Crippen molar-refractivity contribution >= 4 is 16.9 Å². The van der Waals surface area contributed by atoms with Gasteiger partial charge in [-0.1, -0.05) is 43.7 Å². The van der Waals surface area contributed by atoms with Crippen molar-refractivity contribution in [2.45, 2.75) is 51.7 Å². The van der Waals surface area contributed by atoms with E-state index in [0.29, 0.717) is 35.6 Å². The van der Waals surface area contributed by atoms with Crippen molar-refractivity contribution in [3.63, 3.8) is 0 Å². The van der Waals surface area contributed by atoms with Gasteiger partial charge in [0.2, 0.25) is 0 Å². The lowest BCUT2D eigenvalue weighted by atomic mass is 9.95. The molecule has 34 heavy (non-hydrogen) atoms. The summed E-state index contributed by atoms with van der Waals surface area (Å²) in [5, 5.41) is 9.42. The van der Waals surface area contributed by atoms with E-state index in [9.17, 15) is 10.1 Å². The highest BCUT2D eigenvalue weighted by Gasteiger charge is 2.37. The van der Waals surface area contributed by atoms with Crippen LogP contribution in [0.25, 0.3) is 11.0 Å². The van der Waals surface area contributed by atoms with E-state index in [0.717, 1.165) is 19.4 Å². The summed E-state index contributed by atoms with van der Waals surface area (Å²) in [5.41, 5.74) is 10.0. The first-order chi connectivity index (χ1) is 16.4. The van der Waals surface area contributed by atoms with Gasteiger partial charge in [0.05, 0.1) is 5.52 Å². The third-order valence-electron chi connectivity index (χ3n) is 7.09. The van der Waals surface area contributed by atoms with Crippen LogP contribution in [0.5, 0.6) is 0 Å². The van der Waals surface area contributed by atoms with Gasteiger partial charge in [-0.3, -0.25) is 9.47 Å². The van der Waals surface area contributed by atoms with Crippen LogP contribution >= 0.6 is 0 Å². The Hall–Kier alpha value is -3.28. The number of pyridine rings is 1. The number of hydrogen-bond donors (Lipinski definition) is 1. The van der Waals surface area contributed by atoms with Gasteiger partial charge in [-0.15, -0.1) is 0 Å². The topological polar surface area (TPSA) is 104 Å². The Morgan fingerprint density at radius 3 is 2.41 bits per heavy atom. The average Bonchev–Trinajstić information content (AvgIpc) is 2.87. The quantitative estimate of drug-likeness (QED) is 0.604. The molecule has 3 heterocycles. The van der Waals surface area contributed by atoms with Crippen LogP contribution in [0.3, 0.4) is 0 Å². The predicted molar refractivity (Wildman–Crippen MR) is 135 cm³/mol. The molecule has 2 aromatic heterocycles. The van der Waals surface area contributed by atoms with Crippen molar-refractivity contribution in [1.82, 2.24) is 19.4 Å². The molecule has 1 aliphatic rings. The monoisotopic (exact) mass is 459 g/mol. The summed E-state index contributed by atoms with van der Waals surface area (Å²) >= 11 is 0. The Morgan fingerprint density at radius 2 is 1.79 bits per heavy atom. The average molecular weight is 460 g/mol. The van der Waals surface area contributed by atoms with Crippen LogP contribution in [0.1, 0.15) is 49.6 Å². The molecule has 1 fully saturated rings. The van der Waals surface area contributed by atoms with E-state index in [2.05, 4.69) is 70.9 Å². The Bertz CT molecular complexity index is 1260. The van der Waals surface area contributed by atoms with Gasteiger partial charge in [0, 0.05) is 44.8 Å². The fourth-order valence-electron chi connectivity index (χ4n) is 5.05. The minimum atomic E-state index is -0.321. The van der Waals surface area contributed by atoms with Crippen LogP contribution in [0.4, 0.5) is 5.82 Å². The summed E-state index contributed by atoms with van der Waals surface area (Å²) in [5.74, 6) is 0.569. The van der Waals surface area contributed by atoms with Gasteiger partial charge in [0.25, 0.3) is 0 Å². The molecule has 4 rings (SSSR count). The normalized spacial score (nSPS) is 19.8. The van der Waals surface area contributed by atoms with Gasteiger partial charge in [0.1, 0.15) is 17.3 Å². The molecule has 2 N–H and O–H groups in total. The maximum atomic E-state index is 12.7. The lowest BCUT2D eigenvalue weighted by Crippen LogP contribution is -2.60. The summed E-state index contributed by atoms with van der Waals surface area (Å²) < 4.78 is 1.49. The number of piperazine rings is 1. The molecule has 8 heteroatoms. The van der Waals surface area contributed by atoms with Crippen molar-refractivity contribution in [3.05, 3.63) is 63.7 Å². The smallest absolute Gasteiger partial charge is 0.349 e. The summed E-state index contributed by atoms with van der Waals surface area (Å²) in [6, 6.07) is 14.7. The second-order valence-electron chi connectivity index (χ2n) is 9.09. The highest BCUT2D eigenvalue weighted by atomic mass is 16.1. The summed E-state index contributed by atoms with van der Waals surface area (Å²) in [4.78, 5) is 26.5. The number of nitrogens with two attached hydrogens (primary N) is 1.